The summed E-state index contributed by atoms with van der Waals surface area (Å²) in [6, 6.07) is 5.70. The van der Waals surface area contributed by atoms with Gasteiger partial charge in [0, 0.05) is 6.07 Å². The molecule has 2 aromatic rings. The molecule has 1 aromatic carbocycles. The van der Waals surface area contributed by atoms with E-state index in [-0.39, 0.29) is 29.1 Å². The zero-order valence-electron chi connectivity index (χ0n) is 12.5. The van der Waals surface area contributed by atoms with Crippen molar-refractivity contribution in [1.82, 2.24) is 5.32 Å². The van der Waals surface area contributed by atoms with Crippen LogP contribution in [0.15, 0.2) is 34.9 Å². The molecule has 6 heteroatoms. The van der Waals surface area contributed by atoms with Crippen molar-refractivity contribution in [1.29, 1.82) is 0 Å². The molecule has 2 unspecified atom stereocenters. The van der Waals surface area contributed by atoms with E-state index in [1.807, 2.05) is 13.0 Å². The van der Waals surface area contributed by atoms with Crippen molar-refractivity contribution in [3.05, 3.63) is 58.8 Å². The highest BCUT2D eigenvalue weighted by Crippen LogP contribution is 2.35. The molecule has 1 aliphatic rings. The lowest BCUT2D eigenvalue weighted by Gasteiger charge is -2.32. The van der Waals surface area contributed by atoms with E-state index < -0.39 is 11.9 Å². The largest absolute Gasteiger partial charge is 0.478 e. The van der Waals surface area contributed by atoms with Crippen molar-refractivity contribution in [3.8, 4) is 0 Å². The van der Waals surface area contributed by atoms with Crippen LogP contribution in [-0.4, -0.2) is 17.0 Å². The fraction of sp³-hybridized carbons (Fsp3) is 0.294. The van der Waals surface area contributed by atoms with Crippen molar-refractivity contribution in [2.24, 2.45) is 5.92 Å². The highest BCUT2D eigenvalue weighted by Gasteiger charge is 2.30. The van der Waals surface area contributed by atoms with Gasteiger partial charge in [-0.1, -0.05) is 19.1 Å². The number of hydrogen-bond donors (Lipinski definition) is 2. The summed E-state index contributed by atoms with van der Waals surface area (Å²) in [7, 11) is 0. The molecular formula is C17H16FNO4. The molecular weight excluding hydrogens is 301 g/mol. The molecule has 0 spiro atoms. The molecule has 3 rings (SSSR count). The van der Waals surface area contributed by atoms with Crippen molar-refractivity contribution < 1.29 is 23.5 Å². The van der Waals surface area contributed by atoms with E-state index in [2.05, 4.69) is 5.32 Å². The summed E-state index contributed by atoms with van der Waals surface area (Å²) in [5.74, 6) is -1.86. The van der Waals surface area contributed by atoms with Crippen LogP contribution in [0.3, 0.4) is 0 Å². The summed E-state index contributed by atoms with van der Waals surface area (Å²) in [4.78, 5) is 23.1. The predicted molar refractivity (Wildman–Crippen MR) is 79.8 cm³/mol. The fourth-order valence-corrected chi connectivity index (χ4v) is 2.98. The molecule has 1 aliphatic carbocycles. The van der Waals surface area contributed by atoms with Crippen molar-refractivity contribution in [2.45, 2.75) is 25.8 Å². The van der Waals surface area contributed by atoms with E-state index in [0.717, 1.165) is 18.2 Å². The zero-order chi connectivity index (χ0) is 16.6. The number of halogens is 1. The second kappa shape index (κ2) is 5.87. The Morgan fingerprint density at radius 1 is 1.39 bits per heavy atom. The van der Waals surface area contributed by atoms with E-state index in [9.17, 15) is 14.0 Å². The van der Waals surface area contributed by atoms with Gasteiger partial charge in [-0.25, -0.2) is 9.18 Å². The van der Waals surface area contributed by atoms with E-state index >= 15 is 0 Å². The second-order valence-corrected chi connectivity index (χ2v) is 5.78. The summed E-state index contributed by atoms with van der Waals surface area (Å²) < 4.78 is 18.9. The van der Waals surface area contributed by atoms with Gasteiger partial charge in [0.2, 0.25) is 0 Å². The number of rotatable bonds is 3. The van der Waals surface area contributed by atoms with E-state index in [1.54, 1.807) is 6.07 Å². The molecule has 0 aliphatic heterocycles. The minimum atomic E-state index is -1.16. The summed E-state index contributed by atoms with van der Waals surface area (Å²) in [6.45, 7) is 1.99. The van der Waals surface area contributed by atoms with Crippen molar-refractivity contribution in [3.63, 3.8) is 0 Å². The first-order valence-corrected chi connectivity index (χ1v) is 7.37. The average molecular weight is 317 g/mol. The first-order valence-electron chi connectivity index (χ1n) is 7.37. The highest BCUT2D eigenvalue weighted by molar-refractivity contribution is 5.95. The van der Waals surface area contributed by atoms with E-state index in [0.29, 0.717) is 12.0 Å². The Balaban J connectivity index is 1.86. The van der Waals surface area contributed by atoms with Crippen LogP contribution < -0.4 is 5.32 Å². The molecule has 0 fully saturated rings. The molecule has 1 aromatic heterocycles. The monoisotopic (exact) mass is 317 g/mol. The third-order valence-corrected chi connectivity index (χ3v) is 4.27. The summed E-state index contributed by atoms with van der Waals surface area (Å²) in [6.07, 6.45) is 2.42. The molecule has 1 amide bonds. The highest BCUT2D eigenvalue weighted by atomic mass is 19.1. The normalized spacial score (nSPS) is 19.9. The molecule has 0 saturated carbocycles. The third kappa shape index (κ3) is 2.84. The number of aromatic carboxylic acids is 1. The van der Waals surface area contributed by atoms with Crippen LogP contribution in [0.25, 0.3) is 0 Å². The van der Waals surface area contributed by atoms with E-state index in [4.69, 9.17) is 9.52 Å². The number of carbonyl (C=O) groups excluding carboxylic acids is 1. The number of furan rings is 1. The fourth-order valence-electron chi connectivity index (χ4n) is 2.98. The Kier molecular flexibility index (Phi) is 3.90. The number of amides is 1. The molecule has 2 atom stereocenters. The van der Waals surface area contributed by atoms with Crippen molar-refractivity contribution >= 4 is 11.9 Å². The number of carboxylic acids is 1. The lowest BCUT2D eigenvalue weighted by atomic mass is 9.80. The van der Waals surface area contributed by atoms with Crippen LogP contribution in [0, 0.1) is 11.7 Å². The molecule has 0 bridgehead atoms. The lowest BCUT2D eigenvalue weighted by Crippen LogP contribution is -2.35. The van der Waals surface area contributed by atoms with Gasteiger partial charge in [-0.15, -0.1) is 0 Å². The molecule has 2 N–H and O–H groups in total. The van der Waals surface area contributed by atoms with Gasteiger partial charge in [-0.2, -0.15) is 0 Å². The smallest absolute Gasteiger partial charge is 0.338 e. The van der Waals surface area contributed by atoms with Gasteiger partial charge < -0.3 is 14.8 Å². The maximum atomic E-state index is 13.9. The lowest BCUT2D eigenvalue weighted by molar-refractivity contribution is 0.0695. The van der Waals surface area contributed by atoms with Crippen LogP contribution in [0.2, 0.25) is 0 Å². The molecule has 1 heterocycles. The predicted octanol–water partition coefficient (Wildman–Crippen LogP) is 3.17. The van der Waals surface area contributed by atoms with Crippen LogP contribution in [-0.2, 0) is 6.42 Å². The van der Waals surface area contributed by atoms with Crippen LogP contribution in [0.5, 0.6) is 0 Å². The quantitative estimate of drug-likeness (QED) is 0.911. The Labute approximate surface area is 132 Å². The number of carboxylic acid groups (broad SMARTS) is 1. The van der Waals surface area contributed by atoms with Gasteiger partial charge in [0.1, 0.15) is 12.1 Å². The molecule has 120 valence electrons. The van der Waals surface area contributed by atoms with Crippen LogP contribution in [0.1, 0.15) is 51.4 Å². The van der Waals surface area contributed by atoms with Gasteiger partial charge >= 0.3 is 5.97 Å². The van der Waals surface area contributed by atoms with E-state index in [1.165, 1.54) is 12.1 Å². The number of fused-ring (bicyclic) bond motifs is 1. The van der Waals surface area contributed by atoms with Crippen LogP contribution >= 0.6 is 0 Å². The third-order valence-electron chi connectivity index (χ3n) is 4.27. The Hall–Kier alpha value is -2.63. The molecule has 0 radical (unpaired) electrons. The maximum Gasteiger partial charge on any atom is 0.338 e. The molecule has 23 heavy (non-hydrogen) atoms. The summed E-state index contributed by atoms with van der Waals surface area (Å²) in [5.41, 5.74) is 1.31. The maximum absolute atomic E-state index is 13.9. The Bertz CT molecular complexity index is 768. The standard InChI is InChI=1S/C17H16FNO4/c1-9-5-6-11-12(3-2-4-13(11)18)15(9)19-16(20)14-7-10(8-23-14)17(21)22/h2-4,7-9,15H,5-6H2,1H3,(H,19,20)(H,21,22). The topological polar surface area (TPSA) is 79.5 Å². The zero-order valence-corrected chi connectivity index (χ0v) is 12.5. The van der Waals surface area contributed by atoms with Gasteiger partial charge in [0.05, 0.1) is 11.6 Å². The molecule has 0 saturated heterocycles. The van der Waals surface area contributed by atoms with Crippen LogP contribution in [0.4, 0.5) is 4.39 Å². The summed E-state index contributed by atoms with van der Waals surface area (Å²) in [5, 5.41) is 11.7. The number of carbonyl (C=O) groups is 2. The average Bonchev–Trinajstić information content (AvgIpc) is 3.00. The first-order chi connectivity index (χ1) is 11.0. The van der Waals surface area contributed by atoms with Crippen molar-refractivity contribution in [2.75, 3.05) is 0 Å². The SMILES string of the molecule is CC1CCc2c(F)cccc2C1NC(=O)c1cc(C(=O)O)co1. The Morgan fingerprint density at radius 3 is 2.87 bits per heavy atom. The van der Waals surface area contributed by atoms with Gasteiger partial charge in [-0.05, 0) is 36.0 Å². The first kappa shape index (κ1) is 15.3. The summed E-state index contributed by atoms with van der Waals surface area (Å²) >= 11 is 0. The number of nitrogens with one attached hydrogen (secondary N) is 1. The molecule has 5 nitrogen and oxygen atoms in total. The van der Waals surface area contributed by atoms with Gasteiger partial charge in [-0.3, -0.25) is 4.79 Å². The number of benzene rings is 1. The second-order valence-electron chi connectivity index (χ2n) is 5.78. The number of hydrogen-bond acceptors (Lipinski definition) is 3. The minimum Gasteiger partial charge on any atom is -0.478 e. The van der Waals surface area contributed by atoms with Gasteiger partial charge in [0.15, 0.2) is 5.76 Å². The van der Waals surface area contributed by atoms with Gasteiger partial charge in [0.25, 0.3) is 5.91 Å². The minimum absolute atomic E-state index is 0.0712. The Morgan fingerprint density at radius 2 is 2.17 bits per heavy atom.